The lowest BCUT2D eigenvalue weighted by atomic mass is 10.4. The van der Waals surface area contributed by atoms with Crippen molar-refractivity contribution in [1.82, 2.24) is 9.44 Å². The summed E-state index contributed by atoms with van der Waals surface area (Å²) in [7, 11) is -6.59. The summed E-state index contributed by atoms with van der Waals surface area (Å²) in [4.78, 5) is 0. The lowest BCUT2D eigenvalue weighted by Gasteiger charge is -2.11. The molecule has 0 saturated heterocycles. The van der Waals surface area contributed by atoms with Gasteiger partial charge in [-0.05, 0) is 13.3 Å². The summed E-state index contributed by atoms with van der Waals surface area (Å²) in [5.41, 5.74) is 5.23. The predicted octanol–water partition coefficient (Wildman–Crippen LogP) is -1.81. The van der Waals surface area contributed by atoms with Crippen LogP contribution in [0.4, 0.5) is 0 Å². The molecule has 0 aromatic rings. The Labute approximate surface area is 96.9 Å². The first-order chi connectivity index (χ1) is 7.19. The number of nitrogens with one attached hydrogen (secondary N) is 2. The normalized spacial score (nSPS) is 14.9. The fourth-order valence-corrected chi connectivity index (χ4v) is 2.31. The first-order valence-corrected chi connectivity index (χ1v) is 8.26. The van der Waals surface area contributed by atoms with E-state index in [0.29, 0.717) is 6.42 Å². The largest absolute Gasteiger partial charge is 0.329 e. The molecule has 1 unspecified atom stereocenters. The Hall–Kier alpha value is -0.220. The maximum absolute atomic E-state index is 11.4. The number of nitrogens with two attached hydrogens (primary N) is 1. The van der Waals surface area contributed by atoms with Gasteiger partial charge in [0.2, 0.25) is 20.0 Å². The van der Waals surface area contributed by atoms with Gasteiger partial charge >= 0.3 is 0 Å². The lowest BCUT2D eigenvalue weighted by molar-refractivity contribution is 0.564. The van der Waals surface area contributed by atoms with Crippen molar-refractivity contribution < 1.29 is 16.8 Å². The van der Waals surface area contributed by atoms with Gasteiger partial charge in [0.1, 0.15) is 0 Å². The molecule has 98 valence electrons. The third-order valence-electron chi connectivity index (χ3n) is 1.88. The van der Waals surface area contributed by atoms with E-state index in [1.165, 1.54) is 6.92 Å². The van der Waals surface area contributed by atoms with Crippen LogP contribution in [0.1, 0.15) is 13.3 Å². The van der Waals surface area contributed by atoms with Gasteiger partial charge in [0, 0.05) is 19.6 Å². The van der Waals surface area contributed by atoms with Crippen molar-refractivity contribution in [1.29, 1.82) is 0 Å². The van der Waals surface area contributed by atoms with E-state index in [4.69, 9.17) is 5.73 Å². The van der Waals surface area contributed by atoms with Crippen molar-refractivity contribution in [2.75, 3.05) is 25.9 Å². The number of rotatable bonds is 8. The molecule has 0 bridgehead atoms. The Morgan fingerprint density at radius 3 is 2.06 bits per heavy atom. The van der Waals surface area contributed by atoms with E-state index in [-0.39, 0.29) is 19.6 Å². The van der Waals surface area contributed by atoms with E-state index < -0.39 is 25.3 Å². The van der Waals surface area contributed by atoms with Crippen molar-refractivity contribution in [2.24, 2.45) is 5.73 Å². The molecule has 0 aliphatic carbocycles. The smallest absolute Gasteiger partial charge is 0.215 e. The zero-order valence-electron chi connectivity index (χ0n) is 9.43. The molecule has 16 heavy (non-hydrogen) atoms. The Bertz CT molecular complexity index is 390. The van der Waals surface area contributed by atoms with Crippen molar-refractivity contribution in [3.63, 3.8) is 0 Å². The van der Waals surface area contributed by atoms with Crippen LogP contribution in [0.3, 0.4) is 0 Å². The van der Waals surface area contributed by atoms with E-state index in [0.717, 1.165) is 6.26 Å². The number of sulfonamides is 2. The summed E-state index contributed by atoms with van der Waals surface area (Å²) in [6.07, 6.45) is 1.44. The summed E-state index contributed by atoms with van der Waals surface area (Å²) < 4.78 is 48.8. The fraction of sp³-hybridized carbons (Fsp3) is 1.00. The highest BCUT2D eigenvalue weighted by molar-refractivity contribution is 7.90. The van der Waals surface area contributed by atoms with Gasteiger partial charge in [0.15, 0.2) is 0 Å². The number of hydrogen-bond acceptors (Lipinski definition) is 5. The van der Waals surface area contributed by atoms with Crippen LogP contribution in [0, 0.1) is 0 Å². The SMILES string of the molecule is CC(CN)S(=O)(=O)NCCCNS(C)(=O)=O. The molecule has 0 aliphatic heterocycles. The molecule has 0 aliphatic rings. The van der Waals surface area contributed by atoms with Crippen LogP contribution >= 0.6 is 0 Å². The number of hydrogen-bond donors (Lipinski definition) is 3. The van der Waals surface area contributed by atoms with Gasteiger partial charge in [0.05, 0.1) is 11.5 Å². The molecule has 1 atom stereocenters. The van der Waals surface area contributed by atoms with E-state index in [2.05, 4.69) is 9.44 Å². The van der Waals surface area contributed by atoms with E-state index in [9.17, 15) is 16.8 Å². The van der Waals surface area contributed by atoms with Gasteiger partial charge in [-0.25, -0.2) is 26.3 Å². The summed E-state index contributed by atoms with van der Waals surface area (Å²) >= 11 is 0. The molecular formula is C7H19N3O4S2. The van der Waals surface area contributed by atoms with Crippen molar-refractivity contribution in [3.05, 3.63) is 0 Å². The average Bonchev–Trinajstić information content (AvgIpc) is 2.14. The van der Waals surface area contributed by atoms with Crippen LogP contribution < -0.4 is 15.2 Å². The molecule has 0 aromatic heterocycles. The summed E-state index contributed by atoms with van der Waals surface area (Å²) in [6.45, 7) is 1.96. The molecule has 7 nitrogen and oxygen atoms in total. The molecule has 0 amide bonds. The Balaban J connectivity index is 3.84. The van der Waals surface area contributed by atoms with Gasteiger partial charge in [0.25, 0.3) is 0 Å². The van der Waals surface area contributed by atoms with Crippen LogP contribution in [-0.4, -0.2) is 48.0 Å². The second kappa shape index (κ2) is 6.50. The molecule has 0 radical (unpaired) electrons. The topological polar surface area (TPSA) is 118 Å². The third-order valence-corrected chi connectivity index (χ3v) is 4.47. The van der Waals surface area contributed by atoms with Crippen LogP contribution in [-0.2, 0) is 20.0 Å². The zero-order chi connectivity index (χ0) is 12.8. The molecule has 0 rings (SSSR count). The van der Waals surface area contributed by atoms with Crippen LogP contribution in [0.2, 0.25) is 0 Å². The van der Waals surface area contributed by atoms with Gasteiger partial charge in [-0.3, -0.25) is 0 Å². The average molecular weight is 273 g/mol. The van der Waals surface area contributed by atoms with Crippen molar-refractivity contribution in [3.8, 4) is 0 Å². The predicted molar refractivity (Wildman–Crippen MR) is 62.9 cm³/mol. The Morgan fingerprint density at radius 2 is 1.62 bits per heavy atom. The maximum Gasteiger partial charge on any atom is 0.215 e. The van der Waals surface area contributed by atoms with Crippen molar-refractivity contribution >= 4 is 20.0 Å². The standard InChI is InChI=1S/C7H19N3O4S2/c1-7(6-8)16(13,14)10-5-3-4-9-15(2,11)12/h7,9-10H,3-6,8H2,1-2H3. The van der Waals surface area contributed by atoms with Gasteiger partial charge in [-0.1, -0.05) is 0 Å². The first-order valence-electron chi connectivity index (χ1n) is 4.82. The van der Waals surface area contributed by atoms with Crippen LogP contribution in [0.15, 0.2) is 0 Å². The minimum absolute atomic E-state index is 0.0525. The second-order valence-electron chi connectivity index (χ2n) is 3.51. The summed E-state index contributed by atoms with van der Waals surface area (Å²) in [5, 5.41) is -0.643. The monoisotopic (exact) mass is 273 g/mol. The minimum atomic E-state index is -3.38. The molecule has 0 fully saturated rings. The highest BCUT2D eigenvalue weighted by atomic mass is 32.2. The second-order valence-corrected chi connectivity index (χ2v) is 7.52. The Kier molecular flexibility index (Phi) is 6.41. The molecule has 0 spiro atoms. The van der Waals surface area contributed by atoms with E-state index >= 15 is 0 Å². The third kappa shape index (κ3) is 7.12. The molecule has 9 heteroatoms. The molecule has 0 heterocycles. The quantitative estimate of drug-likeness (QED) is 0.451. The lowest BCUT2D eigenvalue weighted by Crippen LogP contribution is -2.38. The van der Waals surface area contributed by atoms with E-state index in [1.807, 2.05) is 0 Å². The fourth-order valence-electron chi connectivity index (χ4n) is 0.829. The first kappa shape index (κ1) is 15.8. The van der Waals surface area contributed by atoms with E-state index in [1.54, 1.807) is 0 Å². The Morgan fingerprint density at radius 1 is 1.12 bits per heavy atom. The van der Waals surface area contributed by atoms with Crippen LogP contribution in [0.25, 0.3) is 0 Å². The molecule has 4 N–H and O–H groups in total. The van der Waals surface area contributed by atoms with Gasteiger partial charge in [-0.2, -0.15) is 0 Å². The molecule has 0 saturated carbocycles. The highest BCUT2D eigenvalue weighted by Gasteiger charge is 2.17. The van der Waals surface area contributed by atoms with Crippen molar-refractivity contribution in [2.45, 2.75) is 18.6 Å². The van der Waals surface area contributed by atoms with Gasteiger partial charge in [-0.15, -0.1) is 0 Å². The zero-order valence-corrected chi connectivity index (χ0v) is 11.1. The maximum atomic E-state index is 11.4. The molecule has 0 aromatic carbocycles. The minimum Gasteiger partial charge on any atom is -0.329 e. The van der Waals surface area contributed by atoms with Crippen LogP contribution in [0.5, 0.6) is 0 Å². The summed E-state index contributed by atoms with van der Waals surface area (Å²) in [5.74, 6) is 0. The molecular weight excluding hydrogens is 254 g/mol. The highest BCUT2D eigenvalue weighted by Crippen LogP contribution is 1.95. The summed E-state index contributed by atoms with van der Waals surface area (Å²) in [6, 6.07) is 0. The van der Waals surface area contributed by atoms with Gasteiger partial charge < -0.3 is 5.73 Å².